The minimum Gasteiger partial charge on any atom is -0.478 e. The van der Waals surface area contributed by atoms with Crippen molar-refractivity contribution in [3.05, 3.63) is 57.9 Å². The van der Waals surface area contributed by atoms with Crippen LogP contribution in [0.3, 0.4) is 0 Å². The predicted octanol–water partition coefficient (Wildman–Crippen LogP) is 4.92. The monoisotopic (exact) mass is 374 g/mol. The Hall–Kier alpha value is -2.37. The Kier molecular flexibility index (Phi) is 5.30. The molecule has 0 spiro atoms. The third-order valence-electron chi connectivity index (χ3n) is 4.58. The van der Waals surface area contributed by atoms with Gasteiger partial charge in [-0.2, -0.15) is 0 Å². The van der Waals surface area contributed by atoms with Crippen LogP contribution in [0.15, 0.2) is 30.3 Å². The van der Waals surface area contributed by atoms with Crippen molar-refractivity contribution in [3.63, 3.8) is 0 Å². The molecule has 4 nitrogen and oxygen atoms in total. The summed E-state index contributed by atoms with van der Waals surface area (Å²) in [6.45, 7) is 2.49. The van der Waals surface area contributed by atoms with Gasteiger partial charge in [-0.1, -0.05) is 17.7 Å². The molecule has 4 N–H and O–H groups in total. The molecule has 26 heavy (non-hydrogen) atoms. The second kappa shape index (κ2) is 7.48. The molecular formula is C20H20ClFN2O2. The van der Waals surface area contributed by atoms with Crippen molar-refractivity contribution in [1.29, 1.82) is 0 Å². The molecule has 0 atom stereocenters. The lowest BCUT2D eigenvalue weighted by Gasteiger charge is -2.08. The second-order valence-electron chi connectivity index (χ2n) is 6.33. The molecule has 2 aromatic carbocycles. The largest absolute Gasteiger partial charge is 0.478 e. The summed E-state index contributed by atoms with van der Waals surface area (Å²) in [6, 6.07) is 7.63. The number of nitrogens with one attached hydrogen (secondary N) is 1. The van der Waals surface area contributed by atoms with Gasteiger partial charge in [0.15, 0.2) is 0 Å². The van der Waals surface area contributed by atoms with E-state index in [1.165, 1.54) is 12.1 Å². The third kappa shape index (κ3) is 3.32. The fraction of sp³-hybridized carbons (Fsp3) is 0.250. The van der Waals surface area contributed by atoms with Crippen LogP contribution in [-0.4, -0.2) is 22.6 Å². The Labute approximate surface area is 155 Å². The number of hydrogen-bond donors (Lipinski definition) is 3. The number of unbranched alkanes of at least 4 members (excludes halogenated alkanes) is 1. The van der Waals surface area contributed by atoms with Crippen LogP contribution in [0, 0.1) is 12.7 Å². The van der Waals surface area contributed by atoms with Gasteiger partial charge in [0.05, 0.1) is 16.3 Å². The number of nitrogens with two attached hydrogens (primary N) is 1. The molecule has 3 rings (SSSR count). The maximum atomic E-state index is 13.5. The van der Waals surface area contributed by atoms with Gasteiger partial charge in [0, 0.05) is 16.5 Å². The first kappa shape index (κ1) is 18.4. The first-order chi connectivity index (χ1) is 12.4. The average molecular weight is 375 g/mol. The Balaban J connectivity index is 2.30. The molecule has 0 amide bonds. The van der Waals surface area contributed by atoms with Crippen molar-refractivity contribution in [2.45, 2.75) is 26.2 Å². The summed E-state index contributed by atoms with van der Waals surface area (Å²) in [5.74, 6) is -1.40. The van der Waals surface area contributed by atoms with Gasteiger partial charge in [0.1, 0.15) is 5.82 Å². The van der Waals surface area contributed by atoms with Crippen LogP contribution in [0.25, 0.3) is 22.2 Å². The molecule has 0 unspecified atom stereocenters. The molecule has 1 heterocycles. The van der Waals surface area contributed by atoms with Gasteiger partial charge >= 0.3 is 5.97 Å². The van der Waals surface area contributed by atoms with E-state index in [2.05, 4.69) is 4.98 Å². The normalized spacial score (nSPS) is 11.2. The zero-order valence-electron chi connectivity index (χ0n) is 14.4. The fourth-order valence-corrected chi connectivity index (χ4v) is 3.56. The lowest BCUT2D eigenvalue weighted by Crippen LogP contribution is -2.01. The van der Waals surface area contributed by atoms with E-state index >= 15 is 0 Å². The third-order valence-corrected chi connectivity index (χ3v) is 4.89. The second-order valence-corrected chi connectivity index (χ2v) is 6.74. The number of benzene rings is 2. The molecule has 0 bridgehead atoms. The summed E-state index contributed by atoms with van der Waals surface area (Å²) in [6.07, 6.45) is 2.31. The topological polar surface area (TPSA) is 79.1 Å². The molecule has 136 valence electrons. The van der Waals surface area contributed by atoms with Gasteiger partial charge in [-0.3, -0.25) is 0 Å². The first-order valence-electron chi connectivity index (χ1n) is 8.47. The van der Waals surface area contributed by atoms with Crippen molar-refractivity contribution in [3.8, 4) is 11.3 Å². The van der Waals surface area contributed by atoms with Crippen molar-refractivity contribution in [2.75, 3.05) is 6.54 Å². The number of H-pyrrole nitrogens is 1. The van der Waals surface area contributed by atoms with Crippen LogP contribution in [0.5, 0.6) is 0 Å². The SMILES string of the molecule is Cc1ccc(C(=O)O)c2c(CCCCN)c(-c3ccc(F)cc3Cl)[nH]c12. The Morgan fingerprint density at radius 2 is 2.04 bits per heavy atom. The molecule has 0 aliphatic heterocycles. The Morgan fingerprint density at radius 1 is 1.27 bits per heavy atom. The zero-order chi connectivity index (χ0) is 18.8. The maximum absolute atomic E-state index is 13.5. The number of aromatic carboxylic acids is 1. The number of halogens is 2. The minimum absolute atomic E-state index is 0.245. The van der Waals surface area contributed by atoms with E-state index in [0.29, 0.717) is 23.9 Å². The summed E-state index contributed by atoms with van der Waals surface area (Å²) >= 11 is 6.27. The summed E-state index contributed by atoms with van der Waals surface area (Å²) in [5, 5.41) is 10.6. The molecule has 0 aliphatic rings. The van der Waals surface area contributed by atoms with Crippen LogP contribution < -0.4 is 5.73 Å². The van der Waals surface area contributed by atoms with Crippen LogP contribution in [0.2, 0.25) is 5.02 Å². The van der Waals surface area contributed by atoms with E-state index in [9.17, 15) is 14.3 Å². The number of carboxylic acid groups (broad SMARTS) is 1. The number of carbonyl (C=O) groups is 1. The first-order valence-corrected chi connectivity index (χ1v) is 8.84. The number of rotatable bonds is 6. The molecule has 0 radical (unpaired) electrons. The van der Waals surface area contributed by atoms with Crippen molar-refractivity contribution in [2.24, 2.45) is 5.73 Å². The maximum Gasteiger partial charge on any atom is 0.336 e. The molecule has 0 fully saturated rings. The van der Waals surface area contributed by atoms with Gasteiger partial charge in [0.25, 0.3) is 0 Å². The number of carboxylic acids is 1. The van der Waals surface area contributed by atoms with Gasteiger partial charge in [0.2, 0.25) is 0 Å². The fourth-order valence-electron chi connectivity index (χ4n) is 3.30. The van der Waals surface area contributed by atoms with Gasteiger partial charge in [-0.05, 0) is 68.1 Å². The summed E-state index contributed by atoms with van der Waals surface area (Å²) in [4.78, 5) is 15.1. The number of aryl methyl sites for hydroxylation is 2. The molecule has 0 saturated carbocycles. The Morgan fingerprint density at radius 3 is 2.69 bits per heavy atom. The van der Waals surface area contributed by atoms with Crippen molar-refractivity contribution >= 4 is 28.5 Å². The van der Waals surface area contributed by atoms with E-state index in [4.69, 9.17) is 17.3 Å². The standard InChI is InChI=1S/C20H20ClFN2O2/c1-11-5-7-15(20(25)26)17-14(4-2-3-9-23)19(24-18(11)17)13-8-6-12(22)10-16(13)21/h5-8,10,24H,2-4,9,23H2,1H3,(H,25,26). The summed E-state index contributed by atoms with van der Waals surface area (Å²) < 4.78 is 13.5. The molecule has 6 heteroatoms. The Bertz CT molecular complexity index is 982. The molecule has 1 aromatic heterocycles. The average Bonchev–Trinajstić information content (AvgIpc) is 2.95. The highest BCUT2D eigenvalue weighted by atomic mass is 35.5. The zero-order valence-corrected chi connectivity index (χ0v) is 15.2. The number of hydrogen-bond acceptors (Lipinski definition) is 2. The summed E-state index contributed by atoms with van der Waals surface area (Å²) in [7, 11) is 0. The van der Waals surface area contributed by atoms with Crippen LogP contribution in [0.1, 0.15) is 34.3 Å². The number of aromatic nitrogens is 1. The number of aromatic amines is 1. The lowest BCUT2D eigenvalue weighted by molar-refractivity contribution is 0.0699. The van der Waals surface area contributed by atoms with E-state index in [0.717, 1.165) is 35.2 Å². The lowest BCUT2D eigenvalue weighted by atomic mass is 9.96. The van der Waals surface area contributed by atoms with Crippen LogP contribution in [-0.2, 0) is 6.42 Å². The van der Waals surface area contributed by atoms with Crippen molar-refractivity contribution < 1.29 is 14.3 Å². The highest BCUT2D eigenvalue weighted by molar-refractivity contribution is 6.33. The van der Waals surface area contributed by atoms with Crippen molar-refractivity contribution in [1.82, 2.24) is 4.98 Å². The quantitative estimate of drug-likeness (QED) is 0.536. The predicted molar refractivity (Wildman–Crippen MR) is 102 cm³/mol. The highest BCUT2D eigenvalue weighted by Gasteiger charge is 2.21. The van der Waals surface area contributed by atoms with E-state index in [1.54, 1.807) is 18.2 Å². The van der Waals surface area contributed by atoms with E-state index in [-0.39, 0.29) is 10.6 Å². The molecule has 3 aromatic rings. The van der Waals surface area contributed by atoms with E-state index in [1.807, 2.05) is 6.92 Å². The molecule has 0 aliphatic carbocycles. The smallest absolute Gasteiger partial charge is 0.336 e. The highest BCUT2D eigenvalue weighted by Crippen LogP contribution is 2.38. The summed E-state index contributed by atoms with van der Waals surface area (Å²) in [5.41, 5.74) is 9.83. The minimum atomic E-state index is -0.981. The molecule has 0 saturated heterocycles. The number of fused-ring (bicyclic) bond motifs is 1. The van der Waals surface area contributed by atoms with Gasteiger partial charge in [-0.25, -0.2) is 9.18 Å². The van der Waals surface area contributed by atoms with Gasteiger partial charge < -0.3 is 15.8 Å². The van der Waals surface area contributed by atoms with Crippen LogP contribution >= 0.6 is 11.6 Å². The van der Waals surface area contributed by atoms with Gasteiger partial charge in [-0.15, -0.1) is 0 Å². The van der Waals surface area contributed by atoms with E-state index < -0.39 is 11.8 Å². The molecular weight excluding hydrogens is 355 g/mol. The van der Waals surface area contributed by atoms with Crippen LogP contribution in [0.4, 0.5) is 4.39 Å².